The molecular weight excluding hydrogens is 286 g/mol. The number of ether oxygens (including phenoxy) is 1. The van der Waals surface area contributed by atoms with Crippen LogP contribution in [0.25, 0.3) is 22.3 Å². The molecule has 2 N–H and O–H groups in total. The first kappa shape index (κ1) is 14.9. The summed E-state index contributed by atoms with van der Waals surface area (Å²) in [5.74, 6) is 0.243. The van der Waals surface area contributed by atoms with Crippen LogP contribution in [0.1, 0.15) is 10.4 Å². The van der Waals surface area contributed by atoms with Crippen LogP contribution in [0.2, 0.25) is 0 Å². The van der Waals surface area contributed by atoms with Crippen LogP contribution in [0, 0.1) is 0 Å². The summed E-state index contributed by atoms with van der Waals surface area (Å²) in [7, 11) is 1.60. The van der Waals surface area contributed by atoms with E-state index in [0.29, 0.717) is 11.3 Å². The number of rotatable bonds is 4. The normalized spacial score (nSPS) is 10.3. The molecule has 0 aromatic heterocycles. The Morgan fingerprint density at radius 3 is 2.04 bits per heavy atom. The van der Waals surface area contributed by atoms with E-state index >= 15 is 0 Å². The van der Waals surface area contributed by atoms with Gasteiger partial charge in [0.25, 0.3) is 0 Å². The Kier molecular flexibility index (Phi) is 4.11. The van der Waals surface area contributed by atoms with Crippen LogP contribution < -0.4 is 10.5 Å². The van der Waals surface area contributed by atoms with E-state index in [-0.39, 0.29) is 0 Å². The Hall–Kier alpha value is -3.07. The van der Waals surface area contributed by atoms with Gasteiger partial charge in [0.15, 0.2) is 0 Å². The maximum atomic E-state index is 11.7. The molecule has 0 heterocycles. The molecule has 0 atom stereocenters. The second-order valence-electron chi connectivity index (χ2n) is 5.22. The number of amides is 1. The fourth-order valence-electron chi connectivity index (χ4n) is 2.58. The lowest BCUT2D eigenvalue weighted by atomic mass is 9.96. The van der Waals surface area contributed by atoms with E-state index in [1.807, 2.05) is 48.5 Å². The summed E-state index contributed by atoms with van der Waals surface area (Å²) in [5, 5.41) is 0. The molecule has 0 bridgehead atoms. The number of nitrogens with two attached hydrogens (primary N) is 1. The molecule has 0 unspecified atom stereocenters. The van der Waals surface area contributed by atoms with Crippen molar-refractivity contribution < 1.29 is 9.53 Å². The number of hydrogen-bond donors (Lipinski definition) is 1. The fraction of sp³-hybridized carbons (Fsp3) is 0.0500. The number of carbonyl (C=O) groups is 1. The average molecular weight is 303 g/mol. The SMILES string of the molecule is COc1ccc(C(N)=O)c(-c2ccc(-c3ccccc3)cc2)c1. The standard InChI is InChI=1S/C20H17NO2/c1-23-17-11-12-18(20(21)22)19(13-17)16-9-7-15(8-10-16)14-5-3-2-4-6-14/h2-13H,1H3,(H2,21,22). The van der Waals surface area contributed by atoms with Gasteiger partial charge in [-0.05, 0) is 40.5 Å². The van der Waals surface area contributed by atoms with Crippen molar-refractivity contribution in [1.29, 1.82) is 0 Å². The second kappa shape index (κ2) is 6.36. The van der Waals surface area contributed by atoms with Crippen LogP contribution in [0.5, 0.6) is 5.75 Å². The predicted molar refractivity (Wildman–Crippen MR) is 92.4 cm³/mol. The number of primary amides is 1. The first-order valence-electron chi connectivity index (χ1n) is 7.33. The Balaban J connectivity index is 2.04. The minimum absolute atomic E-state index is 0.449. The van der Waals surface area contributed by atoms with Crippen molar-refractivity contribution in [1.82, 2.24) is 0 Å². The zero-order chi connectivity index (χ0) is 16.2. The summed E-state index contributed by atoms with van der Waals surface area (Å²) >= 11 is 0. The quantitative estimate of drug-likeness (QED) is 0.788. The topological polar surface area (TPSA) is 52.3 Å². The molecule has 0 aliphatic heterocycles. The van der Waals surface area contributed by atoms with Gasteiger partial charge in [-0.1, -0.05) is 54.6 Å². The maximum absolute atomic E-state index is 11.7. The zero-order valence-corrected chi connectivity index (χ0v) is 12.8. The number of methoxy groups -OCH3 is 1. The summed E-state index contributed by atoms with van der Waals surface area (Å²) in [6.45, 7) is 0. The molecule has 1 amide bonds. The van der Waals surface area contributed by atoms with Crippen LogP contribution in [0.3, 0.4) is 0 Å². The van der Waals surface area contributed by atoms with E-state index in [9.17, 15) is 4.79 Å². The molecule has 0 spiro atoms. The molecule has 3 aromatic rings. The van der Waals surface area contributed by atoms with Crippen molar-refractivity contribution in [3.8, 4) is 28.0 Å². The zero-order valence-electron chi connectivity index (χ0n) is 12.8. The molecule has 3 heteroatoms. The highest BCUT2D eigenvalue weighted by molar-refractivity contribution is 6.00. The van der Waals surface area contributed by atoms with E-state index in [0.717, 1.165) is 22.3 Å². The largest absolute Gasteiger partial charge is 0.497 e. The third kappa shape index (κ3) is 3.09. The smallest absolute Gasteiger partial charge is 0.249 e. The number of benzene rings is 3. The van der Waals surface area contributed by atoms with Gasteiger partial charge in [0, 0.05) is 5.56 Å². The predicted octanol–water partition coefficient (Wildman–Crippen LogP) is 4.13. The molecule has 0 saturated heterocycles. The van der Waals surface area contributed by atoms with Gasteiger partial charge in [-0.15, -0.1) is 0 Å². The minimum Gasteiger partial charge on any atom is -0.497 e. The molecule has 0 aliphatic carbocycles. The fourth-order valence-corrected chi connectivity index (χ4v) is 2.58. The van der Waals surface area contributed by atoms with E-state index in [2.05, 4.69) is 12.1 Å². The first-order valence-corrected chi connectivity index (χ1v) is 7.33. The molecule has 0 aliphatic rings. The summed E-state index contributed by atoms with van der Waals surface area (Å²) in [5.41, 5.74) is 9.95. The molecule has 0 saturated carbocycles. The average Bonchev–Trinajstić information content (AvgIpc) is 2.62. The highest BCUT2D eigenvalue weighted by Gasteiger charge is 2.11. The van der Waals surface area contributed by atoms with Crippen molar-refractivity contribution in [3.05, 3.63) is 78.4 Å². The maximum Gasteiger partial charge on any atom is 0.249 e. The van der Waals surface area contributed by atoms with Gasteiger partial charge in [-0.3, -0.25) is 4.79 Å². The highest BCUT2D eigenvalue weighted by atomic mass is 16.5. The highest BCUT2D eigenvalue weighted by Crippen LogP contribution is 2.30. The van der Waals surface area contributed by atoms with Crippen molar-refractivity contribution in [2.24, 2.45) is 5.73 Å². The van der Waals surface area contributed by atoms with Crippen LogP contribution in [0.15, 0.2) is 72.8 Å². The molecule has 114 valence electrons. The first-order chi connectivity index (χ1) is 11.2. The monoisotopic (exact) mass is 303 g/mol. The Morgan fingerprint density at radius 1 is 0.826 bits per heavy atom. The van der Waals surface area contributed by atoms with Crippen LogP contribution in [0.4, 0.5) is 0 Å². The van der Waals surface area contributed by atoms with E-state index in [4.69, 9.17) is 10.5 Å². The van der Waals surface area contributed by atoms with Crippen LogP contribution in [-0.4, -0.2) is 13.0 Å². The summed E-state index contributed by atoms with van der Waals surface area (Å²) < 4.78 is 5.25. The summed E-state index contributed by atoms with van der Waals surface area (Å²) in [6, 6.07) is 23.5. The third-order valence-electron chi connectivity index (χ3n) is 3.80. The second-order valence-corrected chi connectivity index (χ2v) is 5.22. The lowest BCUT2D eigenvalue weighted by molar-refractivity contribution is 0.100. The Bertz CT molecular complexity index is 824. The van der Waals surface area contributed by atoms with Crippen molar-refractivity contribution >= 4 is 5.91 Å². The van der Waals surface area contributed by atoms with Gasteiger partial charge in [0.1, 0.15) is 5.75 Å². The van der Waals surface area contributed by atoms with Gasteiger partial charge in [-0.2, -0.15) is 0 Å². The molecule has 3 aromatic carbocycles. The lowest BCUT2D eigenvalue weighted by Gasteiger charge is -2.10. The Labute approximate surface area is 135 Å². The molecule has 23 heavy (non-hydrogen) atoms. The van der Waals surface area contributed by atoms with E-state index in [1.165, 1.54) is 0 Å². The number of carbonyl (C=O) groups excluding carboxylic acids is 1. The van der Waals surface area contributed by atoms with Crippen LogP contribution >= 0.6 is 0 Å². The Morgan fingerprint density at radius 2 is 1.43 bits per heavy atom. The van der Waals surface area contributed by atoms with Gasteiger partial charge < -0.3 is 10.5 Å². The molecule has 0 radical (unpaired) electrons. The van der Waals surface area contributed by atoms with Gasteiger partial charge in [0.05, 0.1) is 7.11 Å². The number of hydrogen-bond acceptors (Lipinski definition) is 2. The molecule has 3 nitrogen and oxygen atoms in total. The van der Waals surface area contributed by atoms with E-state index < -0.39 is 5.91 Å². The van der Waals surface area contributed by atoms with Crippen LogP contribution in [-0.2, 0) is 0 Å². The van der Waals surface area contributed by atoms with Gasteiger partial charge in [0.2, 0.25) is 5.91 Å². The van der Waals surface area contributed by atoms with Gasteiger partial charge in [-0.25, -0.2) is 0 Å². The molecular formula is C20H17NO2. The minimum atomic E-state index is -0.449. The van der Waals surface area contributed by atoms with Gasteiger partial charge >= 0.3 is 0 Å². The van der Waals surface area contributed by atoms with Crippen molar-refractivity contribution in [2.45, 2.75) is 0 Å². The van der Waals surface area contributed by atoms with E-state index in [1.54, 1.807) is 19.2 Å². The molecule has 0 fully saturated rings. The lowest BCUT2D eigenvalue weighted by Crippen LogP contribution is -2.12. The summed E-state index contributed by atoms with van der Waals surface area (Å²) in [6.07, 6.45) is 0. The third-order valence-corrected chi connectivity index (χ3v) is 3.80. The summed E-state index contributed by atoms with van der Waals surface area (Å²) in [4.78, 5) is 11.7. The van der Waals surface area contributed by atoms with Crippen molar-refractivity contribution in [2.75, 3.05) is 7.11 Å². The molecule has 3 rings (SSSR count). The van der Waals surface area contributed by atoms with Crippen molar-refractivity contribution in [3.63, 3.8) is 0 Å².